The first kappa shape index (κ1) is 19.0. The molecule has 1 aliphatic rings. The highest BCUT2D eigenvalue weighted by Crippen LogP contribution is 2.38. The lowest BCUT2D eigenvalue weighted by molar-refractivity contribution is -0.131. The van der Waals surface area contributed by atoms with E-state index in [1.54, 1.807) is 0 Å². The van der Waals surface area contributed by atoms with Crippen LogP contribution in [-0.2, 0) is 4.79 Å². The van der Waals surface area contributed by atoms with Gasteiger partial charge in [-0.25, -0.2) is 4.68 Å². The number of hydrogen-bond donors (Lipinski definition) is 1. The van der Waals surface area contributed by atoms with E-state index in [2.05, 4.69) is 29.5 Å². The van der Waals surface area contributed by atoms with Crippen LogP contribution in [0, 0.1) is 6.92 Å². The van der Waals surface area contributed by atoms with E-state index < -0.39 is 0 Å². The molecule has 26 heavy (non-hydrogen) atoms. The molecule has 1 aromatic carbocycles. The van der Waals surface area contributed by atoms with Gasteiger partial charge in [-0.3, -0.25) is 4.79 Å². The predicted molar refractivity (Wildman–Crippen MR) is 105 cm³/mol. The number of nitrogens with zero attached hydrogens (tertiary/aromatic N) is 4. The third kappa shape index (κ3) is 3.83. The van der Waals surface area contributed by atoms with E-state index in [0.717, 1.165) is 42.5 Å². The number of carbonyl (C=O) groups excluding carboxylic acids is 1. The zero-order chi connectivity index (χ0) is 18.7. The summed E-state index contributed by atoms with van der Waals surface area (Å²) in [4.78, 5) is 15.3. The molecule has 0 bridgehead atoms. The van der Waals surface area contributed by atoms with Crippen LogP contribution >= 0.6 is 23.4 Å². The van der Waals surface area contributed by atoms with E-state index in [0.29, 0.717) is 5.02 Å². The Morgan fingerprint density at radius 2 is 1.88 bits per heavy atom. The van der Waals surface area contributed by atoms with Crippen molar-refractivity contribution in [3.05, 3.63) is 40.7 Å². The highest BCUT2D eigenvalue weighted by molar-refractivity contribution is 8.00. The average molecular weight is 394 g/mol. The molecule has 1 aliphatic heterocycles. The van der Waals surface area contributed by atoms with Crippen molar-refractivity contribution >= 4 is 29.3 Å². The Labute approximate surface area is 163 Å². The number of aryl methyl sites for hydroxylation is 1. The third-order valence-electron chi connectivity index (χ3n) is 4.37. The molecule has 0 spiro atoms. The summed E-state index contributed by atoms with van der Waals surface area (Å²) in [6, 6.07) is 7.47. The van der Waals surface area contributed by atoms with Crippen molar-refractivity contribution in [2.75, 3.05) is 18.5 Å². The number of nitrogens with one attached hydrogen (secondary N) is 1. The smallest absolute Gasteiger partial charge is 0.238 e. The van der Waals surface area contributed by atoms with Crippen LogP contribution in [-0.4, -0.2) is 44.0 Å². The molecule has 1 N–H and O–H groups in total. The SMILES string of the molecule is CCCN(CCC)C(=O)[C@H]1Sc2nnc(C)n2N[C@H]1c1ccc(Cl)cc1. The van der Waals surface area contributed by atoms with Crippen LogP contribution in [0.5, 0.6) is 0 Å². The number of carbonyl (C=O) groups is 1. The molecule has 3 rings (SSSR count). The molecule has 0 saturated carbocycles. The van der Waals surface area contributed by atoms with Crippen molar-refractivity contribution in [3.63, 3.8) is 0 Å². The molecule has 1 aromatic heterocycles. The summed E-state index contributed by atoms with van der Waals surface area (Å²) < 4.78 is 1.86. The fourth-order valence-corrected chi connectivity index (χ4v) is 4.46. The van der Waals surface area contributed by atoms with Crippen LogP contribution in [0.15, 0.2) is 29.4 Å². The van der Waals surface area contributed by atoms with Crippen LogP contribution in [0.25, 0.3) is 0 Å². The van der Waals surface area contributed by atoms with Gasteiger partial charge in [0.25, 0.3) is 0 Å². The zero-order valence-electron chi connectivity index (χ0n) is 15.3. The molecule has 6 nitrogen and oxygen atoms in total. The summed E-state index contributed by atoms with van der Waals surface area (Å²) in [5, 5.41) is 9.44. The zero-order valence-corrected chi connectivity index (χ0v) is 16.8. The lowest BCUT2D eigenvalue weighted by atomic mass is 10.0. The standard InChI is InChI=1S/C18H24ClN5OS/c1-4-10-23(11-5-2)17(25)16-15(13-6-8-14(19)9-7-13)22-24-12(3)20-21-18(24)26-16/h6-9,15-16,22H,4-5,10-11H2,1-3H3/t15-,16-/m0/s1. The van der Waals surface area contributed by atoms with Gasteiger partial charge < -0.3 is 10.3 Å². The molecule has 2 atom stereocenters. The van der Waals surface area contributed by atoms with Gasteiger partial charge in [0.15, 0.2) is 0 Å². The monoisotopic (exact) mass is 393 g/mol. The minimum atomic E-state index is -0.301. The molecule has 0 radical (unpaired) electrons. The average Bonchev–Trinajstić information content (AvgIpc) is 3.01. The second-order valence-electron chi connectivity index (χ2n) is 6.39. The van der Waals surface area contributed by atoms with Crippen LogP contribution in [0.3, 0.4) is 0 Å². The van der Waals surface area contributed by atoms with E-state index in [1.165, 1.54) is 11.8 Å². The summed E-state index contributed by atoms with van der Waals surface area (Å²) in [5.41, 5.74) is 4.45. The first-order chi connectivity index (χ1) is 12.5. The second-order valence-corrected chi connectivity index (χ2v) is 7.93. The number of aromatic nitrogens is 3. The van der Waals surface area contributed by atoms with Crippen LogP contribution in [0.4, 0.5) is 0 Å². The van der Waals surface area contributed by atoms with Gasteiger partial charge in [-0.2, -0.15) is 0 Å². The quantitative estimate of drug-likeness (QED) is 0.811. The van der Waals surface area contributed by atoms with Gasteiger partial charge in [0, 0.05) is 18.1 Å². The van der Waals surface area contributed by atoms with Crippen molar-refractivity contribution in [2.45, 2.75) is 50.1 Å². The van der Waals surface area contributed by atoms with Crippen molar-refractivity contribution < 1.29 is 4.79 Å². The van der Waals surface area contributed by atoms with Crippen molar-refractivity contribution in [1.82, 2.24) is 19.8 Å². The molecule has 1 amide bonds. The van der Waals surface area contributed by atoms with Gasteiger partial charge in [0.05, 0.1) is 6.04 Å². The molecule has 8 heteroatoms. The molecule has 2 heterocycles. The van der Waals surface area contributed by atoms with Gasteiger partial charge in [-0.15, -0.1) is 10.2 Å². The van der Waals surface area contributed by atoms with Crippen LogP contribution in [0.2, 0.25) is 5.02 Å². The third-order valence-corrected chi connectivity index (χ3v) is 5.82. The summed E-state index contributed by atoms with van der Waals surface area (Å²) in [6.45, 7) is 7.62. The molecular formula is C18H24ClN5OS. The van der Waals surface area contributed by atoms with E-state index in [1.807, 2.05) is 40.8 Å². The second kappa shape index (κ2) is 8.31. The Hall–Kier alpha value is -1.73. The number of hydrogen-bond acceptors (Lipinski definition) is 5. The topological polar surface area (TPSA) is 63.1 Å². The normalized spacial score (nSPS) is 18.9. The predicted octanol–water partition coefficient (Wildman–Crippen LogP) is 3.65. The van der Waals surface area contributed by atoms with Gasteiger partial charge in [0.1, 0.15) is 11.1 Å². The van der Waals surface area contributed by atoms with Crippen molar-refractivity contribution in [3.8, 4) is 0 Å². The Morgan fingerprint density at radius 3 is 2.50 bits per heavy atom. The van der Waals surface area contributed by atoms with Crippen LogP contribution < -0.4 is 5.43 Å². The fraction of sp³-hybridized carbons (Fsp3) is 0.500. The van der Waals surface area contributed by atoms with Gasteiger partial charge in [-0.05, 0) is 37.5 Å². The summed E-state index contributed by atoms with van der Waals surface area (Å²) in [5.74, 6) is 0.911. The first-order valence-electron chi connectivity index (χ1n) is 8.94. The molecule has 2 aromatic rings. The lowest BCUT2D eigenvalue weighted by Gasteiger charge is -2.35. The maximum Gasteiger partial charge on any atom is 0.238 e. The van der Waals surface area contributed by atoms with E-state index in [9.17, 15) is 4.79 Å². The molecule has 0 aliphatic carbocycles. The van der Waals surface area contributed by atoms with E-state index in [-0.39, 0.29) is 17.2 Å². The van der Waals surface area contributed by atoms with Gasteiger partial charge >= 0.3 is 0 Å². The van der Waals surface area contributed by atoms with E-state index >= 15 is 0 Å². The first-order valence-corrected chi connectivity index (χ1v) is 10.2. The maximum atomic E-state index is 13.3. The fourth-order valence-electron chi connectivity index (χ4n) is 3.12. The molecule has 0 saturated heterocycles. The maximum absolute atomic E-state index is 13.3. The van der Waals surface area contributed by atoms with Gasteiger partial charge in [-0.1, -0.05) is 49.3 Å². The summed E-state index contributed by atoms with van der Waals surface area (Å²) in [7, 11) is 0. The number of fused-ring (bicyclic) bond motifs is 1. The number of amides is 1. The molecule has 0 fully saturated rings. The summed E-state index contributed by atoms with van der Waals surface area (Å²) in [6.07, 6.45) is 1.88. The summed E-state index contributed by atoms with van der Waals surface area (Å²) >= 11 is 7.52. The number of halogens is 1. The van der Waals surface area contributed by atoms with E-state index in [4.69, 9.17) is 11.6 Å². The number of rotatable bonds is 6. The highest BCUT2D eigenvalue weighted by Gasteiger charge is 2.39. The minimum absolute atomic E-state index is 0.137. The van der Waals surface area contributed by atoms with Crippen molar-refractivity contribution in [1.29, 1.82) is 0 Å². The van der Waals surface area contributed by atoms with Crippen LogP contribution in [0.1, 0.15) is 44.1 Å². The Bertz CT molecular complexity index is 757. The molecule has 140 valence electrons. The van der Waals surface area contributed by atoms with Crippen molar-refractivity contribution in [2.24, 2.45) is 0 Å². The number of thioether (sulfide) groups is 1. The highest BCUT2D eigenvalue weighted by atomic mass is 35.5. The Balaban J connectivity index is 1.95. The Morgan fingerprint density at radius 1 is 1.23 bits per heavy atom. The van der Waals surface area contributed by atoms with Gasteiger partial charge in [0.2, 0.25) is 11.1 Å². The molecular weight excluding hydrogens is 370 g/mol. The molecule has 0 unspecified atom stereocenters. The minimum Gasteiger partial charge on any atom is -0.342 e. The lowest BCUT2D eigenvalue weighted by Crippen LogP contribution is -2.46. The Kier molecular flexibility index (Phi) is 6.09. The largest absolute Gasteiger partial charge is 0.342 e. The number of benzene rings is 1.